The number of nitrogens with one attached hydrogen (secondary N) is 2. The summed E-state index contributed by atoms with van der Waals surface area (Å²) in [6, 6.07) is 5.07. The molecule has 1 aliphatic rings. The number of anilines is 1. The average Bonchev–Trinajstić information content (AvgIpc) is 2.66. The zero-order valence-corrected chi connectivity index (χ0v) is 18.4. The normalized spacial score (nSPS) is 15.1. The van der Waals surface area contributed by atoms with Crippen molar-refractivity contribution >= 4 is 33.7 Å². The maximum atomic E-state index is 13.9. The zero-order valence-electron chi connectivity index (χ0n) is 16.8. The first-order chi connectivity index (χ1) is 14.7. The standard InChI is InChI=1S/C18H21F2N5O4S2/c1-11(17(26)21-2)29-15-9-14(24-31(27,28)25-7-4-8-25)22-18(23-15)30-10-12-5-3-6-13(19)16(12)20/h3,5-6,9,11H,4,7-8,10H2,1-2H3,(H,21,26)(H,22,23,24)/t11-/m1/s1. The average molecular weight is 474 g/mol. The van der Waals surface area contributed by atoms with Crippen LogP contribution in [0.4, 0.5) is 14.6 Å². The number of hydrogen-bond acceptors (Lipinski definition) is 7. The van der Waals surface area contributed by atoms with Crippen LogP contribution in [-0.4, -0.2) is 54.8 Å². The lowest BCUT2D eigenvalue weighted by Gasteiger charge is -2.29. The van der Waals surface area contributed by atoms with Gasteiger partial charge in [-0.3, -0.25) is 9.52 Å². The van der Waals surface area contributed by atoms with Crippen molar-refractivity contribution in [3.05, 3.63) is 41.5 Å². The van der Waals surface area contributed by atoms with Crippen molar-refractivity contribution in [3.63, 3.8) is 0 Å². The van der Waals surface area contributed by atoms with Crippen molar-refractivity contribution < 1.29 is 26.7 Å². The highest BCUT2D eigenvalue weighted by atomic mass is 32.2. The molecule has 2 N–H and O–H groups in total. The van der Waals surface area contributed by atoms with Gasteiger partial charge in [-0.15, -0.1) is 0 Å². The summed E-state index contributed by atoms with van der Waals surface area (Å²) in [5.74, 6) is -2.47. The summed E-state index contributed by atoms with van der Waals surface area (Å²) in [5, 5.41) is 2.49. The largest absolute Gasteiger partial charge is 0.464 e. The topological polar surface area (TPSA) is 114 Å². The number of nitrogens with zero attached hydrogens (tertiary/aromatic N) is 3. The quantitative estimate of drug-likeness (QED) is 0.423. The van der Waals surface area contributed by atoms with Gasteiger partial charge in [0.15, 0.2) is 22.9 Å². The first-order valence-corrected chi connectivity index (χ1v) is 11.7. The summed E-state index contributed by atoms with van der Waals surface area (Å²) >= 11 is 0.962. The lowest BCUT2D eigenvalue weighted by Crippen LogP contribution is -2.45. The second kappa shape index (κ2) is 9.75. The zero-order chi connectivity index (χ0) is 22.6. The Morgan fingerprint density at radius 2 is 2.06 bits per heavy atom. The highest BCUT2D eigenvalue weighted by Gasteiger charge is 2.28. The molecule has 1 amide bonds. The molecule has 1 aliphatic heterocycles. The molecule has 1 aromatic heterocycles. The van der Waals surface area contributed by atoms with Crippen LogP contribution < -0.4 is 14.8 Å². The second-order valence-corrected chi connectivity index (χ2v) is 9.22. The molecular formula is C18H21F2N5O4S2. The number of halogens is 2. The molecule has 2 heterocycles. The van der Waals surface area contributed by atoms with Crippen molar-refractivity contribution in [2.24, 2.45) is 0 Å². The third-order valence-electron chi connectivity index (χ3n) is 4.37. The van der Waals surface area contributed by atoms with Crippen molar-refractivity contribution in [1.82, 2.24) is 19.6 Å². The van der Waals surface area contributed by atoms with Crippen LogP contribution in [0.1, 0.15) is 18.9 Å². The van der Waals surface area contributed by atoms with Crippen molar-refractivity contribution in [3.8, 4) is 5.88 Å². The summed E-state index contributed by atoms with van der Waals surface area (Å²) in [4.78, 5) is 20.0. The van der Waals surface area contributed by atoms with E-state index in [1.54, 1.807) is 0 Å². The number of carbonyl (C=O) groups excluding carboxylic acids is 1. The van der Waals surface area contributed by atoms with E-state index in [2.05, 4.69) is 20.0 Å². The van der Waals surface area contributed by atoms with E-state index in [0.29, 0.717) is 13.1 Å². The minimum Gasteiger partial charge on any atom is -0.464 e. The van der Waals surface area contributed by atoms with Crippen molar-refractivity contribution in [1.29, 1.82) is 0 Å². The van der Waals surface area contributed by atoms with E-state index < -0.39 is 33.9 Å². The number of thioether (sulfide) groups is 1. The summed E-state index contributed by atoms with van der Waals surface area (Å²) < 4.78 is 61.2. The summed E-state index contributed by atoms with van der Waals surface area (Å²) in [6.45, 7) is 2.30. The summed E-state index contributed by atoms with van der Waals surface area (Å²) in [7, 11) is -2.35. The highest BCUT2D eigenvalue weighted by molar-refractivity contribution is 7.98. The number of aromatic nitrogens is 2. The Kier molecular flexibility index (Phi) is 7.28. The molecule has 0 bridgehead atoms. The van der Waals surface area contributed by atoms with Gasteiger partial charge in [0.25, 0.3) is 5.91 Å². The monoisotopic (exact) mass is 473 g/mol. The third-order valence-corrected chi connectivity index (χ3v) is 6.78. The Morgan fingerprint density at radius 3 is 2.71 bits per heavy atom. The van der Waals surface area contributed by atoms with Gasteiger partial charge in [-0.2, -0.15) is 17.7 Å². The van der Waals surface area contributed by atoms with E-state index in [-0.39, 0.29) is 28.2 Å². The van der Waals surface area contributed by atoms with Gasteiger partial charge in [-0.1, -0.05) is 23.9 Å². The molecule has 0 saturated carbocycles. The van der Waals surface area contributed by atoms with Crippen LogP contribution in [0, 0.1) is 11.6 Å². The Bertz CT molecular complexity index is 1070. The van der Waals surface area contributed by atoms with Crippen molar-refractivity contribution in [2.75, 3.05) is 24.9 Å². The number of rotatable bonds is 9. The van der Waals surface area contributed by atoms with Crippen LogP contribution in [0.15, 0.2) is 29.4 Å². The molecule has 31 heavy (non-hydrogen) atoms. The lowest BCUT2D eigenvalue weighted by molar-refractivity contribution is -0.126. The van der Waals surface area contributed by atoms with E-state index in [1.165, 1.54) is 36.5 Å². The van der Waals surface area contributed by atoms with E-state index in [4.69, 9.17) is 4.74 Å². The van der Waals surface area contributed by atoms with E-state index >= 15 is 0 Å². The molecule has 3 rings (SSSR count). The summed E-state index contributed by atoms with van der Waals surface area (Å²) in [5.41, 5.74) is 0.0985. The fourth-order valence-electron chi connectivity index (χ4n) is 2.55. The minimum absolute atomic E-state index is 0.00361. The van der Waals surface area contributed by atoms with Crippen LogP contribution in [0.2, 0.25) is 0 Å². The smallest absolute Gasteiger partial charge is 0.302 e. The van der Waals surface area contributed by atoms with Gasteiger partial charge in [0.2, 0.25) is 5.88 Å². The molecule has 1 aromatic carbocycles. The first kappa shape index (κ1) is 23.2. The fourth-order valence-corrected chi connectivity index (χ4v) is 4.61. The summed E-state index contributed by atoms with van der Waals surface area (Å²) in [6.07, 6.45) is -0.138. The first-order valence-electron chi connectivity index (χ1n) is 9.30. The molecule has 1 fully saturated rings. The maximum absolute atomic E-state index is 13.9. The van der Waals surface area contributed by atoms with Crippen LogP contribution in [0.5, 0.6) is 5.88 Å². The molecule has 0 aliphatic carbocycles. The van der Waals surface area contributed by atoms with E-state index in [1.807, 2.05) is 0 Å². The maximum Gasteiger partial charge on any atom is 0.302 e. The van der Waals surface area contributed by atoms with Crippen LogP contribution in [0.25, 0.3) is 0 Å². The molecule has 2 aromatic rings. The van der Waals surface area contributed by atoms with Gasteiger partial charge >= 0.3 is 10.2 Å². The number of hydrogen-bond donors (Lipinski definition) is 2. The van der Waals surface area contributed by atoms with Gasteiger partial charge in [0.05, 0.1) is 0 Å². The Hall–Kier alpha value is -2.51. The predicted octanol–water partition coefficient (Wildman–Crippen LogP) is 1.92. The molecule has 1 saturated heterocycles. The Balaban J connectivity index is 1.84. The predicted molar refractivity (Wildman–Crippen MR) is 111 cm³/mol. The molecule has 0 spiro atoms. The van der Waals surface area contributed by atoms with Crippen LogP contribution >= 0.6 is 11.8 Å². The molecular weight excluding hydrogens is 452 g/mol. The third kappa shape index (κ3) is 5.80. The van der Waals surface area contributed by atoms with E-state index in [9.17, 15) is 22.0 Å². The molecule has 9 nitrogen and oxygen atoms in total. The van der Waals surface area contributed by atoms with Gasteiger partial charge in [0, 0.05) is 37.5 Å². The lowest BCUT2D eigenvalue weighted by atomic mass is 10.2. The second-order valence-electron chi connectivity index (χ2n) is 6.61. The molecule has 1 atom stereocenters. The highest BCUT2D eigenvalue weighted by Crippen LogP contribution is 2.27. The minimum atomic E-state index is -3.80. The van der Waals surface area contributed by atoms with Crippen LogP contribution in [-0.2, 0) is 20.8 Å². The number of amides is 1. The molecule has 13 heteroatoms. The number of ether oxygens (including phenoxy) is 1. The van der Waals surface area contributed by atoms with Crippen molar-refractivity contribution in [2.45, 2.75) is 30.4 Å². The van der Waals surface area contributed by atoms with E-state index in [0.717, 1.165) is 24.2 Å². The van der Waals surface area contributed by atoms with Gasteiger partial charge in [-0.25, -0.2) is 13.8 Å². The Morgan fingerprint density at radius 1 is 1.32 bits per heavy atom. The van der Waals surface area contributed by atoms with Gasteiger partial charge in [0.1, 0.15) is 5.82 Å². The number of likely N-dealkylation sites (N-methyl/N-ethyl adjacent to an activating group) is 1. The number of benzene rings is 1. The molecule has 0 radical (unpaired) electrons. The fraction of sp³-hybridized carbons (Fsp3) is 0.389. The van der Waals surface area contributed by atoms with Crippen LogP contribution in [0.3, 0.4) is 0 Å². The molecule has 0 unspecified atom stereocenters. The van der Waals surface area contributed by atoms with Gasteiger partial charge in [-0.05, 0) is 19.4 Å². The number of carbonyl (C=O) groups is 1. The molecule has 168 valence electrons. The van der Waals surface area contributed by atoms with Gasteiger partial charge < -0.3 is 10.1 Å². The SMILES string of the molecule is CNC(=O)[C@@H](C)Oc1cc(NS(=O)(=O)N2CCC2)nc(SCc2cccc(F)c2F)n1. The Labute approximate surface area is 182 Å².